The molecule has 0 amide bonds. The first-order valence-corrected chi connectivity index (χ1v) is 15.2. The van der Waals surface area contributed by atoms with Crippen molar-refractivity contribution < 1.29 is 47.6 Å². The zero-order valence-corrected chi connectivity index (χ0v) is 27.1. The molecule has 0 heterocycles. The SMILES string of the molecule is CC(C)Cc1cc2ccccc2c(S(=O)(=O)[O-])c1CC(C)C.CCCCCCCCc1ccccc1O.[Na+]. The van der Waals surface area contributed by atoms with Crippen LogP contribution < -0.4 is 29.6 Å². The third-order valence-electron chi connectivity index (χ3n) is 6.48. The second-order valence-electron chi connectivity index (χ2n) is 10.9. The van der Waals surface area contributed by atoms with Crippen LogP contribution in [0, 0.1) is 11.8 Å². The van der Waals surface area contributed by atoms with Crippen molar-refractivity contribution >= 4 is 20.9 Å². The number of hydrogen-bond donors (Lipinski definition) is 1. The van der Waals surface area contributed by atoms with E-state index in [0.29, 0.717) is 29.0 Å². The van der Waals surface area contributed by atoms with Gasteiger partial charge >= 0.3 is 29.6 Å². The van der Waals surface area contributed by atoms with E-state index in [9.17, 15) is 18.1 Å². The molecular weight excluding hydrogens is 503 g/mol. The van der Waals surface area contributed by atoms with Gasteiger partial charge in [-0.1, -0.05) is 115 Å². The number of aromatic hydroxyl groups is 1. The summed E-state index contributed by atoms with van der Waals surface area (Å²) in [5, 5.41) is 10.9. The molecule has 0 fully saturated rings. The first kappa shape index (κ1) is 34.7. The second-order valence-corrected chi connectivity index (χ2v) is 12.2. The van der Waals surface area contributed by atoms with Crippen molar-refractivity contribution in [2.45, 2.75) is 97.3 Å². The van der Waals surface area contributed by atoms with Gasteiger partial charge in [-0.3, -0.25) is 0 Å². The maximum absolute atomic E-state index is 11.9. The fourth-order valence-electron chi connectivity index (χ4n) is 4.77. The number of aryl methyl sites for hydroxylation is 1. The minimum atomic E-state index is -4.51. The number of unbranched alkanes of at least 4 members (excludes halogenated alkanes) is 5. The van der Waals surface area contributed by atoms with Crippen molar-refractivity contribution in [2.75, 3.05) is 0 Å². The van der Waals surface area contributed by atoms with Crippen molar-refractivity contribution in [2.24, 2.45) is 11.8 Å². The molecule has 3 aromatic rings. The van der Waals surface area contributed by atoms with Crippen molar-refractivity contribution in [3.8, 4) is 5.75 Å². The summed E-state index contributed by atoms with van der Waals surface area (Å²) in [7, 11) is -4.51. The largest absolute Gasteiger partial charge is 1.00 e. The van der Waals surface area contributed by atoms with Crippen LogP contribution in [0.1, 0.15) is 89.8 Å². The van der Waals surface area contributed by atoms with Crippen LogP contribution in [-0.4, -0.2) is 18.1 Å². The number of rotatable bonds is 12. The summed E-state index contributed by atoms with van der Waals surface area (Å²) in [6.45, 7) is 10.5. The predicted molar refractivity (Wildman–Crippen MR) is 154 cm³/mol. The van der Waals surface area contributed by atoms with E-state index in [1.807, 2.05) is 50.2 Å². The normalized spacial score (nSPS) is 11.4. The Hall–Kier alpha value is -1.37. The molecular formula is C32H45NaO4S. The number of phenols is 1. The third-order valence-corrected chi connectivity index (χ3v) is 7.44. The Kier molecular flexibility index (Phi) is 15.8. The van der Waals surface area contributed by atoms with E-state index in [1.54, 1.807) is 18.2 Å². The van der Waals surface area contributed by atoms with E-state index < -0.39 is 10.1 Å². The molecule has 0 radical (unpaired) electrons. The molecule has 0 aliphatic heterocycles. The van der Waals surface area contributed by atoms with E-state index in [2.05, 4.69) is 20.8 Å². The molecule has 0 unspecified atom stereocenters. The summed E-state index contributed by atoms with van der Waals surface area (Å²) in [5.41, 5.74) is 2.78. The van der Waals surface area contributed by atoms with Gasteiger partial charge in [-0.05, 0) is 71.0 Å². The Morgan fingerprint density at radius 1 is 0.789 bits per heavy atom. The topological polar surface area (TPSA) is 77.4 Å². The minimum Gasteiger partial charge on any atom is -0.744 e. The first-order chi connectivity index (χ1) is 17.5. The summed E-state index contributed by atoms with van der Waals surface area (Å²) in [6, 6.07) is 16.9. The summed E-state index contributed by atoms with van der Waals surface area (Å²) in [4.78, 5) is -0.0186. The van der Waals surface area contributed by atoms with Gasteiger partial charge < -0.3 is 9.66 Å². The standard InChI is InChI=1S/C18H24O3S.C14H22O.Na/c1-12(2)9-15-11-14-7-5-6-8-16(14)18(22(19,20)21)17(15)10-13(3)4;1-2-3-4-5-6-7-10-13-11-8-9-12-14(13)15;/h5-8,11-13H,9-10H2,1-4H3,(H,19,20,21);8-9,11-12,15H,2-7,10H2,1H3;/q;;+1/p-1. The van der Waals surface area contributed by atoms with E-state index >= 15 is 0 Å². The Morgan fingerprint density at radius 3 is 1.97 bits per heavy atom. The molecule has 0 aromatic heterocycles. The average Bonchev–Trinajstić information content (AvgIpc) is 2.81. The van der Waals surface area contributed by atoms with Crippen molar-refractivity contribution in [3.63, 3.8) is 0 Å². The molecule has 38 heavy (non-hydrogen) atoms. The van der Waals surface area contributed by atoms with Crippen LogP contribution in [0.2, 0.25) is 0 Å². The zero-order chi connectivity index (χ0) is 27.4. The molecule has 6 heteroatoms. The molecule has 0 spiro atoms. The van der Waals surface area contributed by atoms with Gasteiger partial charge in [0, 0.05) is 0 Å². The number of para-hydroxylation sites is 1. The molecule has 204 valence electrons. The van der Waals surface area contributed by atoms with Crippen LogP contribution in [-0.2, 0) is 29.4 Å². The maximum Gasteiger partial charge on any atom is 1.00 e. The monoisotopic (exact) mass is 548 g/mol. The Bertz CT molecular complexity index is 1220. The van der Waals surface area contributed by atoms with Gasteiger partial charge in [-0.15, -0.1) is 0 Å². The fourth-order valence-corrected chi connectivity index (χ4v) is 5.74. The summed E-state index contributed by atoms with van der Waals surface area (Å²) >= 11 is 0. The summed E-state index contributed by atoms with van der Waals surface area (Å²) in [5.74, 6) is 1.13. The van der Waals surface area contributed by atoms with E-state index in [1.165, 1.54) is 38.5 Å². The average molecular weight is 549 g/mol. The molecule has 1 N–H and O–H groups in total. The van der Waals surface area contributed by atoms with Crippen LogP contribution in [0.4, 0.5) is 0 Å². The van der Waals surface area contributed by atoms with Gasteiger partial charge in [0.05, 0.1) is 4.90 Å². The molecule has 0 aliphatic rings. The predicted octanol–water partition coefficient (Wildman–Crippen LogP) is 5.44. The Balaban J connectivity index is 0.000000397. The quantitative estimate of drug-likeness (QED) is 0.186. The van der Waals surface area contributed by atoms with E-state index in [-0.39, 0.29) is 40.4 Å². The maximum atomic E-state index is 11.9. The van der Waals surface area contributed by atoms with Gasteiger partial charge in [-0.25, -0.2) is 8.42 Å². The molecule has 4 nitrogen and oxygen atoms in total. The molecule has 0 bridgehead atoms. The molecule has 0 saturated carbocycles. The van der Waals surface area contributed by atoms with Crippen LogP contribution in [0.25, 0.3) is 10.8 Å². The Labute approximate surface area is 253 Å². The van der Waals surface area contributed by atoms with Crippen molar-refractivity contribution in [3.05, 3.63) is 71.3 Å². The molecule has 3 rings (SSSR count). The van der Waals surface area contributed by atoms with Gasteiger partial charge in [0.2, 0.25) is 0 Å². The summed E-state index contributed by atoms with van der Waals surface area (Å²) in [6.07, 6.45) is 10.2. The number of fused-ring (bicyclic) bond motifs is 1. The second kappa shape index (κ2) is 17.3. The molecule has 0 aliphatic carbocycles. The van der Waals surface area contributed by atoms with Crippen molar-refractivity contribution in [1.82, 2.24) is 0 Å². The van der Waals surface area contributed by atoms with Crippen molar-refractivity contribution in [1.29, 1.82) is 0 Å². The third kappa shape index (κ3) is 11.4. The summed E-state index contributed by atoms with van der Waals surface area (Å²) < 4.78 is 35.8. The van der Waals surface area contributed by atoms with E-state index in [4.69, 9.17) is 0 Å². The number of benzene rings is 3. The molecule has 0 saturated heterocycles. The zero-order valence-electron chi connectivity index (χ0n) is 24.3. The van der Waals surface area contributed by atoms with E-state index in [0.717, 1.165) is 29.4 Å². The molecule has 3 aromatic carbocycles. The van der Waals surface area contributed by atoms with Crippen LogP contribution >= 0.6 is 0 Å². The van der Waals surface area contributed by atoms with Gasteiger partial charge in [0.25, 0.3) is 0 Å². The Morgan fingerprint density at radius 2 is 1.37 bits per heavy atom. The number of phenolic OH excluding ortho intramolecular Hbond substituents is 1. The van der Waals surface area contributed by atoms with Gasteiger partial charge in [0.1, 0.15) is 15.9 Å². The fraction of sp³-hybridized carbons (Fsp3) is 0.500. The smallest absolute Gasteiger partial charge is 0.744 e. The van der Waals surface area contributed by atoms with Crippen LogP contribution in [0.15, 0.2) is 59.5 Å². The van der Waals surface area contributed by atoms with Gasteiger partial charge in [-0.2, -0.15) is 0 Å². The van der Waals surface area contributed by atoms with Crippen LogP contribution in [0.3, 0.4) is 0 Å². The van der Waals surface area contributed by atoms with Crippen LogP contribution in [0.5, 0.6) is 5.75 Å². The van der Waals surface area contributed by atoms with Gasteiger partial charge in [0.15, 0.2) is 0 Å². The minimum absolute atomic E-state index is 0. The number of hydrogen-bond acceptors (Lipinski definition) is 4. The molecule has 0 atom stereocenters. The first-order valence-electron chi connectivity index (χ1n) is 13.8.